The Morgan fingerprint density at radius 2 is 1.22 bits per heavy atom. The molecular weight excluding hydrogens is 484 g/mol. The van der Waals surface area contributed by atoms with Crippen molar-refractivity contribution in [1.29, 1.82) is 0 Å². The normalized spacial score (nSPS) is 13.9. The molecule has 0 aromatic rings. The van der Waals surface area contributed by atoms with Crippen LogP contribution >= 0.6 is 0 Å². The van der Waals surface area contributed by atoms with E-state index in [1.165, 1.54) is 0 Å². The highest BCUT2D eigenvalue weighted by molar-refractivity contribution is 6.60. The minimum atomic E-state index is -2.64. The van der Waals surface area contributed by atoms with E-state index in [0.717, 1.165) is 51.4 Å². The fraction of sp³-hybridized carbons (Fsp3) is 0.840. The SMILES string of the molecule is CCO[Si](CCCNC(=O)CCCCCCCCCCC(=O)ON1C(=O)CCC1=O)(OCC)OCC. The van der Waals surface area contributed by atoms with Gasteiger partial charge in [-0.05, 0) is 40.0 Å². The third kappa shape index (κ3) is 13.5. The number of nitrogens with one attached hydrogen (secondary N) is 1. The van der Waals surface area contributed by atoms with Gasteiger partial charge < -0.3 is 23.4 Å². The van der Waals surface area contributed by atoms with Crippen molar-refractivity contribution in [2.24, 2.45) is 0 Å². The Morgan fingerprint density at radius 3 is 1.72 bits per heavy atom. The summed E-state index contributed by atoms with van der Waals surface area (Å²) in [7, 11) is -2.64. The van der Waals surface area contributed by atoms with Gasteiger partial charge in [0.1, 0.15) is 0 Å². The van der Waals surface area contributed by atoms with Crippen LogP contribution in [-0.4, -0.2) is 63.9 Å². The first-order valence-electron chi connectivity index (χ1n) is 13.6. The molecule has 1 rings (SSSR count). The molecule has 0 spiro atoms. The lowest BCUT2D eigenvalue weighted by Gasteiger charge is -2.28. The summed E-state index contributed by atoms with van der Waals surface area (Å²) in [5.41, 5.74) is 0. The molecule has 0 aromatic carbocycles. The van der Waals surface area contributed by atoms with Gasteiger partial charge in [-0.25, -0.2) is 4.79 Å². The van der Waals surface area contributed by atoms with Gasteiger partial charge in [-0.1, -0.05) is 38.5 Å². The van der Waals surface area contributed by atoms with E-state index >= 15 is 0 Å². The second kappa shape index (κ2) is 19.3. The topological polar surface area (TPSA) is 120 Å². The molecule has 0 bridgehead atoms. The lowest BCUT2D eigenvalue weighted by molar-refractivity contribution is -0.197. The Balaban J connectivity index is 1.98. The molecule has 3 amide bonds. The molecule has 0 aromatic heterocycles. The zero-order valence-electron chi connectivity index (χ0n) is 22.4. The van der Waals surface area contributed by atoms with Gasteiger partial charge in [0.2, 0.25) is 5.91 Å². The van der Waals surface area contributed by atoms with Crippen LogP contribution in [0.15, 0.2) is 0 Å². The van der Waals surface area contributed by atoms with Crippen molar-refractivity contribution in [1.82, 2.24) is 10.4 Å². The Morgan fingerprint density at radius 1 is 0.750 bits per heavy atom. The molecule has 1 heterocycles. The van der Waals surface area contributed by atoms with Crippen LogP contribution in [0.3, 0.4) is 0 Å². The summed E-state index contributed by atoms with van der Waals surface area (Å²) < 4.78 is 17.5. The molecule has 10 nitrogen and oxygen atoms in total. The van der Waals surface area contributed by atoms with E-state index in [1.807, 2.05) is 20.8 Å². The smallest absolute Gasteiger partial charge is 0.374 e. The van der Waals surface area contributed by atoms with E-state index < -0.39 is 26.6 Å². The van der Waals surface area contributed by atoms with Crippen LogP contribution in [0.4, 0.5) is 0 Å². The van der Waals surface area contributed by atoms with E-state index in [9.17, 15) is 19.2 Å². The summed E-state index contributed by atoms with van der Waals surface area (Å²) in [6, 6.07) is 0.696. The van der Waals surface area contributed by atoms with Crippen molar-refractivity contribution in [2.45, 2.75) is 110 Å². The summed E-state index contributed by atoms with van der Waals surface area (Å²) in [6.07, 6.45) is 9.49. The number of hydrogen-bond donors (Lipinski definition) is 1. The average Bonchev–Trinajstić information content (AvgIpc) is 3.15. The lowest BCUT2D eigenvalue weighted by Crippen LogP contribution is -2.46. The quantitative estimate of drug-likeness (QED) is 0.126. The molecule has 0 atom stereocenters. The minimum absolute atomic E-state index is 0.0794. The van der Waals surface area contributed by atoms with Crippen molar-refractivity contribution < 1.29 is 37.3 Å². The summed E-state index contributed by atoms with van der Waals surface area (Å²) >= 11 is 0. The molecule has 11 heteroatoms. The molecule has 0 saturated carbocycles. The number of imide groups is 1. The molecule has 0 unspecified atom stereocenters. The van der Waals surface area contributed by atoms with E-state index in [4.69, 9.17) is 18.1 Å². The second-order valence-electron chi connectivity index (χ2n) is 8.81. The first-order chi connectivity index (χ1) is 17.4. The van der Waals surface area contributed by atoms with Gasteiger partial charge in [-0.15, -0.1) is 5.06 Å². The molecule has 1 aliphatic heterocycles. The van der Waals surface area contributed by atoms with Crippen molar-refractivity contribution >= 4 is 32.5 Å². The number of nitrogens with zero attached hydrogens (tertiary/aromatic N) is 1. The molecule has 208 valence electrons. The number of carbonyl (C=O) groups is 4. The number of amides is 3. The van der Waals surface area contributed by atoms with Crippen molar-refractivity contribution in [3.05, 3.63) is 0 Å². The number of rotatable bonds is 22. The van der Waals surface area contributed by atoms with Crippen LogP contribution in [0.2, 0.25) is 6.04 Å². The number of hydroxylamine groups is 2. The Kier molecular flexibility index (Phi) is 17.3. The van der Waals surface area contributed by atoms with Crippen LogP contribution in [0.1, 0.15) is 104 Å². The van der Waals surface area contributed by atoms with Gasteiger partial charge in [0.15, 0.2) is 0 Å². The zero-order valence-corrected chi connectivity index (χ0v) is 23.4. The molecule has 1 N–H and O–H groups in total. The van der Waals surface area contributed by atoms with Gasteiger partial charge in [0.05, 0.1) is 0 Å². The minimum Gasteiger partial charge on any atom is -0.374 e. The molecule has 0 radical (unpaired) electrons. The van der Waals surface area contributed by atoms with Gasteiger partial charge in [0.25, 0.3) is 11.8 Å². The first kappa shape index (κ1) is 32.2. The summed E-state index contributed by atoms with van der Waals surface area (Å²) in [5.74, 6) is -1.35. The number of hydrogen-bond acceptors (Lipinski definition) is 8. The maximum absolute atomic E-state index is 12.1. The highest BCUT2D eigenvalue weighted by Crippen LogP contribution is 2.18. The van der Waals surface area contributed by atoms with Crippen molar-refractivity contribution in [2.75, 3.05) is 26.4 Å². The third-order valence-electron chi connectivity index (χ3n) is 5.81. The van der Waals surface area contributed by atoms with Gasteiger partial charge >= 0.3 is 14.8 Å². The fourth-order valence-corrected chi connectivity index (χ4v) is 6.66. The predicted octanol–water partition coefficient (Wildman–Crippen LogP) is 4.05. The van der Waals surface area contributed by atoms with E-state index in [1.54, 1.807) is 0 Å². The highest BCUT2D eigenvalue weighted by Gasteiger charge is 2.39. The molecule has 36 heavy (non-hydrogen) atoms. The lowest BCUT2D eigenvalue weighted by atomic mass is 10.1. The maximum atomic E-state index is 12.1. The molecular formula is C25H46N2O8Si. The monoisotopic (exact) mass is 530 g/mol. The van der Waals surface area contributed by atoms with Crippen LogP contribution in [-0.2, 0) is 37.3 Å². The largest absolute Gasteiger partial charge is 0.500 e. The van der Waals surface area contributed by atoms with Gasteiger partial charge in [0, 0.05) is 58.1 Å². The van der Waals surface area contributed by atoms with Crippen molar-refractivity contribution in [3.63, 3.8) is 0 Å². The Bertz CT molecular complexity index is 643. The van der Waals surface area contributed by atoms with Crippen LogP contribution in [0.25, 0.3) is 0 Å². The molecule has 1 fully saturated rings. The summed E-state index contributed by atoms with van der Waals surface area (Å²) in [6.45, 7) is 8.07. The summed E-state index contributed by atoms with van der Waals surface area (Å²) in [5, 5.41) is 3.58. The van der Waals surface area contributed by atoms with Gasteiger partial charge in [-0.3, -0.25) is 14.4 Å². The second-order valence-corrected chi connectivity index (χ2v) is 11.5. The fourth-order valence-electron chi connectivity index (χ4n) is 4.04. The van der Waals surface area contributed by atoms with Crippen LogP contribution in [0, 0.1) is 0 Å². The summed E-state index contributed by atoms with van der Waals surface area (Å²) in [4.78, 5) is 51.5. The van der Waals surface area contributed by atoms with Crippen LogP contribution < -0.4 is 5.32 Å². The zero-order chi connectivity index (χ0) is 26.7. The van der Waals surface area contributed by atoms with Gasteiger partial charge in [-0.2, -0.15) is 0 Å². The third-order valence-corrected chi connectivity index (χ3v) is 8.96. The Hall–Kier alpha value is -1.82. The average molecular weight is 531 g/mol. The molecule has 0 aliphatic carbocycles. The number of carbonyl (C=O) groups excluding carboxylic acids is 4. The maximum Gasteiger partial charge on any atom is 0.500 e. The van der Waals surface area contributed by atoms with E-state index in [2.05, 4.69) is 5.32 Å². The number of unbranched alkanes of at least 4 members (excludes halogenated alkanes) is 7. The molecule has 1 saturated heterocycles. The highest BCUT2D eigenvalue weighted by atomic mass is 28.4. The van der Waals surface area contributed by atoms with E-state index in [-0.39, 0.29) is 25.2 Å². The predicted molar refractivity (Wildman–Crippen MR) is 136 cm³/mol. The Labute approximate surface area is 217 Å². The van der Waals surface area contributed by atoms with Crippen molar-refractivity contribution in [3.8, 4) is 0 Å². The van der Waals surface area contributed by atoms with Crippen LogP contribution in [0.5, 0.6) is 0 Å². The first-order valence-corrected chi connectivity index (χ1v) is 15.6. The van der Waals surface area contributed by atoms with E-state index in [0.29, 0.717) is 50.3 Å². The molecule has 1 aliphatic rings. The standard InChI is InChI=1S/C25H46N2O8Si/c1-4-32-36(33-5-2,34-6-3)21-15-20-26-22(28)16-13-11-9-7-8-10-12-14-17-25(31)35-27-23(29)18-19-24(27)30/h4-21H2,1-3H3,(H,26,28).